The predicted octanol–water partition coefficient (Wildman–Crippen LogP) is 2.78. The molecular formula is C18H20N4O. The van der Waals surface area contributed by atoms with Gasteiger partial charge in [-0.15, -0.1) is 0 Å². The Bertz CT molecular complexity index is 919. The second kappa shape index (κ2) is 4.98. The van der Waals surface area contributed by atoms with Crippen molar-refractivity contribution >= 4 is 16.8 Å². The molecule has 1 N–H and O–H groups in total. The smallest absolute Gasteiger partial charge is 0.219 e. The van der Waals surface area contributed by atoms with Crippen molar-refractivity contribution in [3.8, 4) is 11.3 Å². The van der Waals surface area contributed by atoms with Crippen LogP contribution in [0.25, 0.3) is 22.2 Å². The molecule has 0 spiro atoms. The number of rotatable bonds is 1. The molecular weight excluding hydrogens is 288 g/mol. The molecule has 3 aromatic rings. The SMILES string of the molecule is CC(=O)N1CCc2c(c(-c3ccc(C)c4[nH]ccc34)nn2C)C1. The highest BCUT2D eigenvalue weighted by Gasteiger charge is 2.26. The number of amides is 1. The third-order valence-corrected chi connectivity index (χ3v) is 4.87. The molecule has 5 nitrogen and oxygen atoms in total. The first kappa shape index (κ1) is 14.1. The summed E-state index contributed by atoms with van der Waals surface area (Å²) in [7, 11) is 1.99. The fraction of sp³-hybridized carbons (Fsp3) is 0.333. The van der Waals surface area contributed by atoms with Crippen molar-refractivity contribution in [1.82, 2.24) is 19.7 Å². The quantitative estimate of drug-likeness (QED) is 0.751. The number of fused-ring (bicyclic) bond motifs is 2. The van der Waals surface area contributed by atoms with Gasteiger partial charge in [-0.25, -0.2) is 0 Å². The minimum atomic E-state index is 0.126. The van der Waals surface area contributed by atoms with E-state index in [1.54, 1.807) is 6.92 Å². The van der Waals surface area contributed by atoms with Crippen molar-refractivity contribution in [1.29, 1.82) is 0 Å². The van der Waals surface area contributed by atoms with Crippen LogP contribution in [0.4, 0.5) is 0 Å². The molecule has 5 heteroatoms. The Morgan fingerprint density at radius 1 is 1.30 bits per heavy atom. The lowest BCUT2D eigenvalue weighted by molar-refractivity contribution is -0.129. The fourth-order valence-electron chi connectivity index (χ4n) is 3.59. The molecule has 0 saturated carbocycles. The Balaban J connectivity index is 1.91. The highest BCUT2D eigenvalue weighted by atomic mass is 16.2. The number of benzene rings is 1. The molecule has 0 atom stereocenters. The average molecular weight is 308 g/mol. The predicted molar refractivity (Wildman–Crippen MR) is 90.0 cm³/mol. The van der Waals surface area contributed by atoms with Crippen LogP contribution in [0.2, 0.25) is 0 Å². The van der Waals surface area contributed by atoms with Gasteiger partial charge in [0.1, 0.15) is 0 Å². The maximum absolute atomic E-state index is 11.8. The summed E-state index contributed by atoms with van der Waals surface area (Å²) in [6.45, 7) is 5.16. The van der Waals surface area contributed by atoms with Crippen LogP contribution >= 0.6 is 0 Å². The number of hydrogen-bond donors (Lipinski definition) is 1. The third-order valence-electron chi connectivity index (χ3n) is 4.87. The zero-order chi connectivity index (χ0) is 16.1. The third kappa shape index (κ3) is 2.07. The van der Waals surface area contributed by atoms with Crippen molar-refractivity contribution in [3.05, 3.63) is 41.2 Å². The summed E-state index contributed by atoms with van der Waals surface area (Å²) < 4.78 is 1.97. The second-order valence-electron chi connectivity index (χ2n) is 6.28. The molecule has 0 radical (unpaired) electrons. The molecule has 0 bridgehead atoms. The standard InChI is InChI=1S/C18H20N4O/c1-11-4-5-13(14-6-8-19-17(11)14)18-15-10-22(12(2)23)9-7-16(15)21(3)20-18/h4-6,8,19H,7,9-10H2,1-3H3. The normalized spacial score (nSPS) is 14.3. The van der Waals surface area contributed by atoms with E-state index in [1.165, 1.54) is 22.2 Å². The molecule has 4 rings (SSSR count). The van der Waals surface area contributed by atoms with Gasteiger partial charge in [-0.3, -0.25) is 9.48 Å². The van der Waals surface area contributed by atoms with Crippen LogP contribution in [0.5, 0.6) is 0 Å². The molecule has 1 aromatic carbocycles. The van der Waals surface area contributed by atoms with E-state index in [-0.39, 0.29) is 5.91 Å². The molecule has 1 amide bonds. The zero-order valence-electron chi connectivity index (χ0n) is 13.7. The van der Waals surface area contributed by atoms with Crippen LogP contribution in [-0.2, 0) is 24.8 Å². The maximum Gasteiger partial charge on any atom is 0.219 e. The number of hydrogen-bond acceptors (Lipinski definition) is 2. The summed E-state index contributed by atoms with van der Waals surface area (Å²) >= 11 is 0. The lowest BCUT2D eigenvalue weighted by Crippen LogP contribution is -2.34. The molecule has 0 saturated heterocycles. The molecule has 0 unspecified atom stereocenters. The Labute approximate surface area is 134 Å². The zero-order valence-corrected chi connectivity index (χ0v) is 13.7. The van der Waals surface area contributed by atoms with E-state index in [0.29, 0.717) is 6.54 Å². The van der Waals surface area contributed by atoms with Crippen LogP contribution in [0.3, 0.4) is 0 Å². The molecule has 3 heterocycles. The highest BCUT2D eigenvalue weighted by molar-refractivity contribution is 5.96. The van der Waals surface area contributed by atoms with Crippen LogP contribution in [0.15, 0.2) is 24.4 Å². The Hall–Kier alpha value is -2.56. The van der Waals surface area contributed by atoms with Crippen molar-refractivity contribution in [2.45, 2.75) is 26.8 Å². The van der Waals surface area contributed by atoms with Crippen LogP contribution in [0.1, 0.15) is 23.7 Å². The summed E-state index contributed by atoms with van der Waals surface area (Å²) in [5, 5.41) is 5.97. The molecule has 23 heavy (non-hydrogen) atoms. The van der Waals surface area contributed by atoms with Gasteiger partial charge in [0.15, 0.2) is 0 Å². The minimum absolute atomic E-state index is 0.126. The summed E-state index contributed by atoms with van der Waals surface area (Å²) in [5.74, 6) is 0.126. The van der Waals surface area contributed by atoms with E-state index >= 15 is 0 Å². The highest BCUT2D eigenvalue weighted by Crippen LogP contribution is 2.34. The Morgan fingerprint density at radius 2 is 2.13 bits per heavy atom. The van der Waals surface area contributed by atoms with Gasteiger partial charge in [-0.2, -0.15) is 5.10 Å². The van der Waals surface area contributed by atoms with E-state index in [2.05, 4.69) is 30.1 Å². The molecule has 2 aromatic heterocycles. The number of aromatic nitrogens is 3. The van der Waals surface area contributed by atoms with Gasteiger partial charge >= 0.3 is 0 Å². The number of nitrogens with zero attached hydrogens (tertiary/aromatic N) is 3. The van der Waals surface area contributed by atoms with Crippen LogP contribution < -0.4 is 0 Å². The number of nitrogens with one attached hydrogen (secondary N) is 1. The Morgan fingerprint density at radius 3 is 2.91 bits per heavy atom. The topological polar surface area (TPSA) is 53.9 Å². The minimum Gasteiger partial charge on any atom is -0.361 e. The van der Waals surface area contributed by atoms with E-state index in [4.69, 9.17) is 5.10 Å². The van der Waals surface area contributed by atoms with Crippen molar-refractivity contribution in [3.63, 3.8) is 0 Å². The van der Waals surface area contributed by atoms with Gasteiger partial charge in [0.2, 0.25) is 5.91 Å². The average Bonchev–Trinajstić information content (AvgIpc) is 3.14. The monoisotopic (exact) mass is 308 g/mol. The molecule has 0 fully saturated rings. The van der Waals surface area contributed by atoms with Crippen LogP contribution in [-0.4, -0.2) is 32.1 Å². The van der Waals surface area contributed by atoms with Crippen molar-refractivity contribution in [2.24, 2.45) is 7.05 Å². The van der Waals surface area contributed by atoms with E-state index in [1.807, 2.05) is 22.8 Å². The number of aromatic amines is 1. The molecule has 1 aliphatic heterocycles. The van der Waals surface area contributed by atoms with E-state index in [9.17, 15) is 4.79 Å². The van der Waals surface area contributed by atoms with Crippen molar-refractivity contribution in [2.75, 3.05) is 6.54 Å². The van der Waals surface area contributed by atoms with Gasteiger partial charge in [0, 0.05) is 67.4 Å². The number of H-pyrrole nitrogens is 1. The first-order valence-electron chi connectivity index (χ1n) is 7.93. The van der Waals surface area contributed by atoms with Gasteiger partial charge in [-0.1, -0.05) is 12.1 Å². The van der Waals surface area contributed by atoms with Crippen molar-refractivity contribution < 1.29 is 4.79 Å². The second-order valence-corrected chi connectivity index (χ2v) is 6.28. The summed E-state index contributed by atoms with van der Waals surface area (Å²) in [6, 6.07) is 6.37. The Kier molecular flexibility index (Phi) is 3.04. The van der Waals surface area contributed by atoms with Crippen LogP contribution in [0, 0.1) is 6.92 Å². The van der Waals surface area contributed by atoms with E-state index < -0.39 is 0 Å². The number of carbonyl (C=O) groups is 1. The fourth-order valence-corrected chi connectivity index (χ4v) is 3.59. The molecule has 0 aliphatic carbocycles. The first-order valence-corrected chi connectivity index (χ1v) is 7.93. The summed E-state index contributed by atoms with van der Waals surface area (Å²) in [6.07, 6.45) is 2.83. The van der Waals surface area contributed by atoms with Gasteiger partial charge in [0.05, 0.1) is 5.69 Å². The summed E-state index contributed by atoms with van der Waals surface area (Å²) in [4.78, 5) is 17.0. The van der Waals surface area contributed by atoms with Gasteiger partial charge < -0.3 is 9.88 Å². The van der Waals surface area contributed by atoms with Gasteiger partial charge in [-0.05, 0) is 18.6 Å². The number of aryl methyl sites for hydroxylation is 2. The largest absolute Gasteiger partial charge is 0.361 e. The number of carbonyl (C=O) groups excluding carboxylic acids is 1. The lowest BCUT2D eigenvalue weighted by atomic mass is 9.97. The summed E-state index contributed by atoms with van der Waals surface area (Å²) in [5.41, 5.74) is 6.93. The maximum atomic E-state index is 11.8. The lowest BCUT2D eigenvalue weighted by Gasteiger charge is -2.26. The molecule has 118 valence electrons. The molecule has 1 aliphatic rings. The van der Waals surface area contributed by atoms with E-state index in [0.717, 1.165) is 29.7 Å². The van der Waals surface area contributed by atoms with Gasteiger partial charge in [0.25, 0.3) is 0 Å². The first-order chi connectivity index (χ1) is 11.1.